The van der Waals surface area contributed by atoms with Gasteiger partial charge in [0.05, 0.1) is 25.2 Å². The average Bonchev–Trinajstić information content (AvgIpc) is 2.76. The van der Waals surface area contributed by atoms with Crippen molar-refractivity contribution in [2.24, 2.45) is 0 Å². The first-order chi connectivity index (χ1) is 14.3. The molecular weight excluding hydrogens is 397 g/mol. The Morgan fingerprint density at radius 3 is 2.37 bits per heavy atom. The minimum atomic E-state index is -1.06. The zero-order valence-electron chi connectivity index (χ0n) is 16.7. The molecule has 0 aromatic heterocycles. The van der Waals surface area contributed by atoms with Gasteiger partial charge in [-0.1, -0.05) is 18.2 Å². The Morgan fingerprint density at radius 1 is 1.17 bits per heavy atom. The van der Waals surface area contributed by atoms with Crippen molar-refractivity contribution < 1.29 is 28.4 Å². The van der Waals surface area contributed by atoms with Crippen molar-refractivity contribution in [1.82, 2.24) is 10.6 Å². The van der Waals surface area contributed by atoms with Gasteiger partial charge in [-0.05, 0) is 42.8 Å². The molecule has 160 valence electrons. The van der Waals surface area contributed by atoms with Gasteiger partial charge in [0.2, 0.25) is 11.7 Å². The van der Waals surface area contributed by atoms with Gasteiger partial charge in [-0.25, -0.2) is 4.79 Å². The Bertz CT molecular complexity index is 919. The summed E-state index contributed by atoms with van der Waals surface area (Å²) in [5, 5.41) is 16.3. The number of carbonyl (C=O) groups excluding carboxylic acids is 2. The number of ether oxygens (including phenoxy) is 2. The fourth-order valence-electron chi connectivity index (χ4n) is 2.82. The summed E-state index contributed by atoms with van der Waals surface area (Å²) < 4.78 is 23.4. The Morgan fingerprint density at radius 2 is 1.83 bits per heavy atom. The molecular formula is C20H22FN3O6. The summed E-state index contributed by atoms with van der Waals surface area (Å²) in [7, 11) is 4.24. The maximum absolute atomic E-state index is 13.5. The fraction of sp³-hybridized carbons (Fsp3) is 0.300. The maximum atomic E-state index is 13.5. The second-order valence-corrected chi connectivity index (χ2v) is 6.33. The topological polar surface area (TPSA) is 120 Å². The van der Waals surface area contributed by atoms with E-state index in [1.165, 1.54) is 27.3 Å². The average molecular weight is 419 g/mol. The summed E-state index contributed by atoms with van der Waals surface area (Å²) in [5.74, 6) is -1.57. The number of benzene rings is 2. The number of methoxy groups -OCH3 is 2. The molecule has 0 aliphatic carbocycles. The molecule has 10 heteroatoms. The molecule has 2 N–H and O–H groups in total. The summed E-state index contributed by atoms with van der Waals surface area (Å²) in [4.78, 5) is 35.1. The molecule has 2 aromatic rings. The van der Waals surface area contributed by atoms with Crippen molar-refractivity contribution in [3.05, 3.63) is 69.5 Å². The third-order valence-electron chi connectivity index (χ3n) is 4.48. The van der Waals surface area contributed by atoms with E-state index in [4.69, 9.17) is 9.47 Å². The van der Waals surface area contributed by atoms with Gasteiger partial charge in [0.15, 0.2) is 6.04 Å². The van der Waals surface area contributed by atoms with Gasteiger partial charge in [-0.15, -0.1) is 0 Å². The number of carbonyl (C=O) groups is 2. The normalized spacial score (nSPS) is 12.5. The highest BCUT2D eigenvalue weighted by molar-refractivity contribution is 5.88. The van der Waals surface area contributed by atoms with Crippen LogP contribution in [0.25, 0.3) is 0 Å². The second kappa shape index (κ2) is 10.3. The molecule has 2 aromatic carbocycles. The van der Waals surface area contributed by atoms with Gasteiger partial charge in [-0.2, -0.15) is 4.39 Å². The van der Waals surface area contributed by atoms with Gasteiger partial charge in [-0.3, -0.25) is 14.9 Å². The largest absolute Gasteiger partial charge is 0.497 e. The van der Waals surface area contributed by atoms with Gasteiger partial charge < -0.3 is 20.1 Å². The minimum absolute atomic E-state index is 0.0416. The van der Waals surface area contributed by atoms with Gasteiger partial charge >= 0.3 is 11.7 Å². The molecule has 0 radical (unpaired) electrons. The SMILES string of the molecule is CN[C@@H](Cc1ccc(F)c([N+](=O)[O-])c1)C(=O)N[C@@H](C(=O)OC)c1ccc(OC)cc1. The van der Waals surface area contributed by atoms with Crippen molar-refractivity contribution in [3.63, 3.8) is 0 Å². The van der Waals surface area contributed by atoms with Crippen LogP contribution in [0.1, 0.15) is 17.2 Å². The molecule has 0 aliphatic heterocycles. The minimum Gasteiger partial charge on any atom is -0.497 e. The van der Waals surface area contributed by atoms with E-state index in [9.17, 15) is 24.1 Å². The molecule has 0 spiro atoms. The molecule has 2 atom stereocenters. The predicted octanol–water partition coefficient (Wildman–Crippen LogP) is 1.90. The van der Waals surface area contributed by atoms with Crippen LogP contribution in [0.5, 0.6) is 5.75 Å². The molecule has 0 saturated heterocycles. The number of esters is 1. The van der Waals surface area contributed by atoms with E-state index in [2.05, 4.69) is 10.6 Å². The number of hydrogen-bond acceptors (Lipinski definition) is 7. The molecule has 2 rings (SSSR count). The molecule has 0 unspecified atom stereocenters. The Kier molecular flexibility index (Phi) is 7.82. The van der Waals surface area contributed by atoms with Crippen molar-refractivity contribution in [1.29, 1.82) is 0 Å². The van der Waals surface area contributed by atoms with E-state index >= 15 is 0 Å². The van der Waals surface area contributed by atoms with Gasteiger partial charge in [0, 0.05) is 6.07 Å². The van der Waals surface area contributed by atoms with Crippen molar-refractivity contribution in [2.75, 3.05) is 21.3 Å². The fourth-order valence-corrected chi connectivity index (χ4v) is 2.82. The third kappa shape index (κ3) is 5.51. The molecule has 0 bridgehead atoms. The number of nitro benzene ring substituents is 1. The summed E-state index contributed by atoms with van der Waals surface area (Å²) in [5.41, 5.74) is 0.202. The van der Waals surface area contributed by atoms with Crippen LogP contribution in [0.15, 0.2) is 42.5 Å². The number of hydrogen-bond donors (Lipinski definition) is 2. The highest BCUT2D eigenvalue weighted by Crippen LogP contribution is 2.21. The van der Waals surface area contributed by atoms with Crippen molar-refractivity contribution in [3.8, 4) is 5.75 Å². The van der Waals surface area contributed by atoms with Crippen molar-refractivity contribution >= 4 is 17.6 Å². The quantitative estimate of drug-likeness (QED) is 0.362. The molecule has 0 saturated carbocycles. The van der Waals surface area contributed by atoms with Crippen LogP contribution >= 0.6 is 0 Å². The Hall–Kier alpha value is -3.53. The number of nitrogens with one attached hydrogen (secondary N) is 2. The maximum Gasteiger partial charge on any atom is 0.333 e. The molecule has 30 heavy (non-hydrogen) atoms. The number of nitrogens with zero attached hydrogens (tertiary/aromatic N) is 1. The van der Waals surface area contributed by atoms with E-state index in [0.29, 0.717) is 16.9 Å². The van der Waals surface area contributed by atoms with Crippen molar-refractivity contribution in [2.45, 2.75) is 18.5 Å². The monoisotopic (exact) mass is 419 g/mol. The van der Waals surface area contributed by atoms with Crippen LogP contribution < -0.4 is 15.4 Å². The number of rotatable bonds is 9. The molecule has 0 heterocycles. The third-order valence-corrected chi connectivity index (χ3v) is 4.48. The van der Waals surface area contributed by atoms with E-state index in [1.54, 1.807) is 24.3 Å². The number of halogens is 1. The van der Waals surface area contributed by atoms with Crippen LogP contribution in [0.4, 0.5) is 10.1 Å². The lowest BCUT2D eigenvalue weighted by molar-refractivity contribution is -0.387. The molecule has 9 nitrogen and oxygen atoms in total. The zero-order valence-corrected chi connectivity index (χ0v) is 16.7. The van der Waals surface area contributed by atoms with Crippen LogP contribution in [0.3, 0.4) is 0 Å². The summed E-state index contributed by atoms with van der Waals surface area (Å²) >= 11 is 0. The first kappa shape index (κ1) is 22.8. The van der Waals surface area contributed by atoms with Crippen LogP contribution in [-0.4, -0.2) is 44.1 Å². The van der Waals surface area contributed by atoms with Crippen LogP contribution in [-0.2, 0) is 20.7 Å². The molecule has 0 aliphatic rings. The van der Waals surface area contributed by atoms with E-state index < -0.39 is 40.4 Å². The number of nitro groups is 1. The second-order valence-electron chi connectivity index (χ2n) is 6.33. The predicted molar refractivity (Wildman–Crippen MR) is 105 cm³/mol. The molecule has 1 amide bonds. The molecule has 0 fully saturated rings. The lowest BCUT2D eigenvalue weighted by Gasteiger charge is -2.21. The van der Waals surface area contributed by atoms with E-state index in [-0.39, 0.29) is 6.42 Å². The highest BCUT2D eigenvalue weighted by Gasteiger charge is 2.27. The number of likely N-dealkylation sites (N-methyl/N-ethyl adjacent to an activating group) is 1. The van der Waals surface area contributed by atoms with E-state index in [1.807, 2.05) is 0 Å². The summed E-state index contributed by atoms with van der Waals surface area (Å²) in [6.45, 7) is 0. The summed E-state index contributed by atoms with van der Waals surface area (Å²) in [6.07, 6.45) is 0.0416. The Balaban J connectivity index is 2.20. The lowest BCUT2D eigenvalue weighted by atomic mass is 10.0. The van der Waals surface area contributed by atoms with Gasteiger partial charge in [0.25, 0.3) is 0 Å². The first-order valence-electron chi connectivity index (χ1n) is 8.93. The smallest absolute Gasteiger partial charge is 0.333 e. The highest BCUT2D eigenvalue weighted by atomic mass is 19.1. The van der Waals surface area contributed by atoms with Crippen LogP contribution in [0, 0.1) is 15.9 Å². The lowest BCUT2D eigenvalue weighted by Crippen LogP contribution is -2.47. The number of amides is 1. The van der Waals surface area contributed by atoms with E-state index in [0.717, 1.165) is 12.1 Å². The summed E-state index contributed by atoms with van der Waals surface area (Å²) in [6, 6.07) is 8.06. The first-order valence-corrected chi connectivity index (χ1v) is 8.93. The zero-order chi connectivity index (χ0) is 22.3. The van der Waals surface area contributed by atoms with Crippen LogP contribution in [0.2, 0.25) is 0 Å². The Labute approximate surface area is 172 Å². The standard InChI is InChI=1S/C20H22FN3O6/c1-22-16(10-12-4-9-15(21)17(11-12)24(27)28)19(25)23-18(20(26)30-3)13-5-7-14(29-2)8-6-13/h4-9,11,16,18,22H,10H2,1-3H3,(H,23,25)/t16-,18+/m0/s1. The van der Waals surface area contributed by atoms with Gasteiger partial charge in [0.1, 0.15) is 5.75 Å².